The van der Waals surface area contributed by atoms with E-state index in [2.05, 4.69) is 0 Å². The van der Waals surface area contributed by atoms with Crippen LogP contribution >= 0.6 is 11.6 Å². The summed E-state index contributed by atoms with van der Waals surface area (Å²) in [7, 11) is 1.89. The fraction of sp³-hybridized carbons (Fsp3) is 0.538. The number of hydrogen-bond donors (Lipinski definition) is 2. The molecule has 2 N–H and O–H groups in total. The van der Waals surface area contributed by atoms with Crippen molar-refractivity contribution >= 4 is 17.3 Å². The van der Waals surface area contributed by atoms with Crippen LogP contribution in [-0.2, 0) is 0 Å². The summed E-state index contributed by atoms with van der Waals surface area (Å²) in [6.45, 7) is 5.61. The molecule has 0 heterocycles. The molecule has 0 aromatic heterocycles. The van der Waals surface area contributed by atoms with E-state index in [-0.39, 0.29) is 12.1 Å². The number of hydrogen-bond acceptors (Lipinski definition) is 3. The third kappa shape index (κ3) is 3.12. The van der Waals surface area contributed by atoms with E-state index in [0.717, 1.165) is 11.3 Å². The van der Waals surface area contributed by atoms with Crippen molar-refractivity contribution in [1.82, 2.24) is 0 Å². The maximum absolute atomic E-state index is 9.47. The molecule has 4 heteroatoms. The molecule has 0 saturated carbocycles. The molecule has 1 aromatic carbocycles. The number of nitrogens with zero attached hydrogens (tertiary/aromatic N) is 1. The highest BCUT2D eigenvalue weighted by Crippen LogP contribution is 2.31. The minimum atomic E-state index is -0.530. The first kappa shape index (κ1) is 14.3. The van der Waals surface area contributed by atoms with E-state index in [0.29, 0.717) is 5.02 Å². The van der Waals surface area contributed by atoms with Gasteiger partial charge in [0.25, 0.3) is 0 Å². The van der Waals surface area contributed by atoms with Crippen LogP contribution in [0.5, 0.6) is 0 Å². The van der Waals surface area contributed by atoms with Crippen LogP contribution in [-0.4, -0.2) is 29.4 Å². The zero-order chi connectivity index (χ0) is 13.2. The Morgan fingerprint density at radius 2 is 2.00 bits per heavy atom. The van der Waals surface area contributed by atoms with Crippen LogP contribution in [0.25, 0.3) is 0 Å². The molecule has 3 nitrogen and oxygen atoms in total. The SMILES string of the molecule is C[C@@H](O)c1ccc(N(C)C(C)(C)CO)c(Cl)c1. The smallest absolute Gasteiger partial charge is 0.0762 e. The van der Waals surface area contributed by atoms with Crippen molar-refractivity contribution in [2.24, 2.45) is 0 Å². The molecule has 0 aliphatic heterocycles. The highest BCUT2D eigenvalue weighted by molar-refractivity contribution is 6.33. The van der Waals surface area contributed by atoms with Crippen molar-refractivity contribution in [3.8, 4) is 0 Å². The number of likely N-dealkylation sites (N-methyl/N-ethyl adjacent to an activating group) is 1. The van der Waals surface area contributed by atoms with E-state index in [1.165, 1.54) is 0 Å². The van der Waals surface area contributed by atoms with Gasteiger partial charge in [-0.15, -0.1) is 0 Å². The maximum atomic E-state index is 9.47. The van der Waals surface area contributed by atoms with Gasteiger partial charge in [0.05, 0.1) is 29.0 Å². The normalized spacial score (nSPS) is 13.6. The summed E-state index contributed by atoms with van der Waals surface area (Å²) in [6.07, 6.45) is -0.530. The van der Waals surface area contributed by atoms with Crippen LogP contribution in [0.3, 0.4) is 0 Å². The highest BCUT2D eigenvalue weighted by atomic mass is 35.5. The standard InChI is InChI=1S/C13H20ClNO2/c1-9(17)10-5-6-12(11(14)7-10)15(4)13(2,3)8-16/h5-7,9,16-17H,8H2,1-4H3/t9-/m1/s1. The first-order valence-electron chi connectivity index (χ1n) is 5.62. The first-order valence-corrected chi connectivity index (χ1v) is 5.99. The van der Waals surface area contributed by atoms with Crippen molar-refractivity contribution in [2.45, 2.75) is 32.4 Å². The average molecular weight is 258 g/mol. The minimum absolute atomic E-state index is 0.0397. The fourth-order valence-corrected chi connectivity index (χ4v) is 1.80. The Morgan fingerprint density at radius 1 is 1.41 bits per heavy atom. The molecule has 0 aliphatic rings. The Morgan fingerprint density at radius 3 is 2.41 bits per heavy atom. The molecule has 96 valence electrons. The predicted octanol–water partition coefficient (Wildman–Crippen LogP) is 2.60. The lowest BCUT2D eigenvalue weighted by molar-refractivity contribution is 0.199. The molecule has 0 saturated heterocycles. The van der Waals surface area contributed by atoms with Crippen LogP contribution in [0.4, 0.5) is 5.69 Å². The van der Waals surface area contributed by atoms with Gasteiger partial charge in [0.1, 0.15) is 0 Å². The van der Waals surface area contributed by atoms with E-state index >= 15 is 0 Å². The molecule has 1 atom stereocenters. The number of anilines is 1. The summed E-state index contributed by atoms with van der Waals surface area (Å²) in [5.74, 6) is 0. The van der Waals surface area contributed by atoms with Crippen molar-refractivity contribution in [3.63, 3.8) is 0 Å². The quantitative estimate of drug-likeness (QED) is 0.872. The summed E-state index contributed by atoms with van der Waals surface area (Å²) in [4.78, 5) is 1.93. The van der Waals surface area contributed by atoms with Gasteiger partial charge in [-0.25, -0.2) is 0 Å². The molecule has 1 rings (SSSR count). The van der Waals surface area contributed by atoms with Gasteiger partial charge in [-0.05, 0) is 38.5 Å². The zero-order valence-electron chi connectivity index (χ0n) is 10.7. The molecular weight excluding hydrogens is 238 g/mol. The van der Waals surface area contributed by atoms with Crippen molar-refractivity contribution in [1.29, 1.82) is 0 Å². The van der Waals surface area contributed by atoms with Crippen LogP contribution < -0.4 is 4.90 Å². The van der Waals surface area contributed by atoms with E-state index < -0.39 is 6.10 Å². The van der Waals surface area contributed by atoms with Crippen molar-refractivity contribution < 1.29 is 10.2 Å². The van der Waals surface area contributed by atoms with Gasteiger partial charge in [0.15, 0.2) is 0 Å². The molecular formula is C13H20ClNO2. The Kier molecular flexibility index (Phi) is 4.42. The Labute approximate surface area is 108 Å². The molecule has 0 aliphatic carbocycles. The van der Waals surface area contributed by atoms with Gasteiger partial charge in [0.2, 0.25) is 0 Å². The Bertz CT molecular complexity index is 391. The lowest BCUT2D eigenvalue weighted by Gasteiger charge is -2.36. The molecule has 1 aromatic rings. The predicted molar refractivity (Wildman–Crippen MR) is 71.7 cm³/mol. The van der Waals surface area contributed by atoms with Crippen LogP contribution in [0, 0.1) is 0 Å². The van der Waals surface area contributed by atoms with Gasteiger partial charge in [-0.2, -0.15) is 0 Å². The maximum Gasteiger partial charge on any atom is 0.0762 e. The lowest BCUT2D eigenvalue weighted by atomic mass is 10.0. The monoisotopic (exact) mass is 257 g/mol. The number of halogens is 1. The second-order valence-electron chi connectivity index (χ2n) is 4.92. The summed E-state index contributed by atoms with van der Waals surface area (Å²) in [6, 6.07) is 5.46. The number of benzene rings is 1. The van der Waals surface area contributed by atoms with Gasteiger partial charge in [-0.3, -0.25) is 0 Å². The van der Waals surface area contributed by atoms with Gasteiger partial charge >= 0.3 is 0 Å². The van der Waals surface area contributed by atoms with E-state index in [1.807, 2.05) is 37.9 Å². The summed E-state index contributed by atoms with van der Waals surface area (Å²) in [5, 5.41) is 19.4. The second kappa shape index (κ2) is 5.25. The van der Waals surface area contributed by atoms with Crippen LogP contribution in [0.2, 0.25) is 5.02 Å². The van der Waals surface area contributed by atoms with E-state index in [4.69, 9.17) is 11.6 Å². The Hall–Kier alpha value is -0.770. The summed E-state index contributed by atoms with van der Waals surface area (Å²) >= 11 is 6.20. The molecule has 0 fully saturated rings. The molecule has 0 spiro atoms. The third-order valence-corrected chi connectivity index (χ3v) is 3.41. The number of aliphatic hydroxyl groups is 2. The molecule has 0 radical (unpaired) electrons. The highest BCUT2D eigenvalue weighted by Gasteiger charge is 2.24. The zero-order valence-corrected chi connectivity index (χ0v) is 11.5. The van der Waals surface area contributed by atoms with Crippen molar-refractivity contribution in [2.75, 3.05) is 18.6 Å². The van der Waals surface area contributed by atoms with E-state index in [9.17, 15) is 10.2 Å². The molecule has 0 bridgehead atoms. The summed E-state index contributed by atoms with van der Waals surface area (Å²) in [5.41, 5.74) is 1.25. The molecule has 0 amide bonds. The lowest BCUT2D eigenvalue weighted by Crippen LogP contribution is -2.44. The fourth-order valence-electron chi connectivity index (χ4n) is 1.49. The van der Waals surface area contributed by atoms with Crippen molar-refractivity contribution in [3.05, 3.63) is 28.8 Å². The van der Waals surface area contributed by atoms with Crippen LogP contribution in [0.1, 0.15) is 32.4 Å². The molecule has 17 heavy (non-hydrogen) atoms. The Balaban J connectivity index is 3.08. The topological polar surface area (TPSA) is 43.7 Å². The van der Waals surface area contributed by atoms with E-state index in [1.54, 1.807) is 13.0 Å². The third-order valence-electron chi connectivity index (χ3n) is 3.11. The minimum Gasteiger partial charge on any atom is -0.394 e. The second-order valence-corrected chi connectivity index (χ2v) is 5.32. The van der Waals surface area contributed by atoms with Gasteiger partial charge < -0.3 is 15.1 Å². The molecule has 0 unspecified atom stereocenters. The average Bonchev–Trinajstić information content (AvgIpc) is 2.27. The first-order chi connectivity index (χ1) is 7.79. The van der Waals surface area contributed by atoms with Crippen LogP contribution in [0.15, 0.2) is 18.2 Å². The largest absolute Gasteiger partial charge is 0.394 e. The van der Waals surface area contributed by atoms with Gasteiger partial charge in [-0.1, -0.05) is 17.7 Å². The number of rotatable bonds is 4. The number of aliphatic hydroxyl groups excluding tert-OH is 2. The van der Waals surface area contributed by atoms with Gasteiger partial charge in [0, 0.05) is 7.05 Å². The summed E-state index contributed by atoms with van der Waals surface area (Å²) < 4.78 is 0.